The Bertz CT molecular complexity index is 374. The highest BCUT2D eigenvalue weighted by atomic mass is 28.3. The molecule has 0 aliphatic carbocycles. The number of benzene rings is 1. The maximum atomic E-state index is 9.92. The fraction of sp³-hybridized carbons (Fsp3) is 0.467. The average Bonchev–Trinajstić information content (AvgIpc) is 2.26. The van der Waals surface area contributed by atoms with E-state index in [4.69, 9.17) is 0 Å². The molecular formula is C15H24OSi. The minimum atomic E-state index is -1.51. The van der Waals surface area contributed by atoms with Crippen LogP contribution >= 0.6 is 0 Å². The zero-order valence-corrected chi connectivity index (χ0v) is 12.6. The van der Waals surface area contributed by atoms with Gasteiger partial charge in [0.1, 0.15) is 8.07 Å². The second-order valence-electron chi connectivity index (χ2n) is 5.89. The molecule has 0 aromatic heterocycles. The van der Waals surface area contributed by atoms with Crippen molar-refractivity contribution in [3.05, 3.63) is 42.1 Å². The van der Waals surface area contributed by atoms with E-state index in [9.17, 15) is 5.11 Å². The largest absolute Gasteiger partial charge is 0.390 e. The lowest BCUT2D eigenvalue weighted by Gasteiger charge is -2.25. The first-order valence-corrected chi connectivity index (χ1v) is 9.28. The summed E-state index contributed by atoms with van der Waals surface area (Å²) in [5, 5.41) is 11.3. The van der Waals surface area contributed by atoms with Gasteiger partial charge in [0.2, 0.25) is 0 Å². The van der Waals surface area contributed by atoms with E-state index < -0.39 is 13.7 Å². The molecule has 0 bridgehead atoms. The number of rotatable bonds is 4. The van der Waals surface area contributed by atoms with Gasteiger partial charge in [-0.05, 0) is 13.8 Å². The summed E-state index contributed by atoms with van der Waals surface area (Å²) in [6, 6.07) is 10.6. The van der Waals surface area contributed by atoms with E-state index in [-0.39, 0.29) is 5.92 Å². The summed E-state index contributed by atoms with van der Waals surface area (Å²) in [7, 11) is -1.51. The molecule has 0 amide bonds. The monoisotopic (exact) mass is 248 g/mol. The summed E-state index contributed by atoms with van der Waals surface area (Å²) in [5.74, 6) is 0.179. The van der Waals surface area contributed by atoms with E-state index in [0.717, 1.165) is 0 Å². The van der Waals surface area contributed by atoms with E-state index >= 15 is 0 Å². The first-order valence-electron chi connectivity index (χ1n) is 6.21. The SMILES string of the molecule is C[C@@H](/C=C\[Si](C)(C)c1ccccc1)C(C)(C)O. The molecule has 1 aromatic carbocycles. The predicted molar refractivity (Wildman–Crippen MR) is 78.2 cm³/mol. The molecule has 94 valence electrons. The zero-order chi connectivity index (χ0) is 13.1. The molecule has 0 heterocycles. The first kappa shape index (κ1) is 14.2. The third-order valence-electron chi connectivity index (χ3n) is 3.43. The normalized spacial score (nSPS) is 15.2. The van der Waals surface area contributed by atoms with Gasteiger partial charge in [-0.3, -0.25) is 0 Å². The van der Waals surface area contributed by atoms with Crippen molar-refractivity contribution in [2.24, 2.45) is 5.92 Å². The molecule has 2 heteroatoms. The molecule has 1 rings (SSSR count). The lowest BCUT2D eigenvalue weighted by Crippen LogP contribution is -2.40. The molecule has 17 heavy (non-hydrogen) atoms. The third kappa shape index (κ3) is 4.13. The zero-order valence-electron chi connectivity index (χ0n) is 11.6. The minimum absolute atomic E-state index is 0.179. The van der Waals surface area contributed by atoms with Crippen molar-refractivity contribution in [1.29, 1.82) is 0 Å². The van der Waals surface area contributed by atoms with Crippen molar-refractivity contribution in [3.8, 4) is 0 Å². The van der Waals surface area contributed by atoms with Gasteiger partial charge in [0, 0.05) is 5.92 Å². The van der Waals surface area contributed by atoms with Crippen LogP contribution < -0.4 is 5.19 Å². The number of hydrogen-bond donors (Lipinski definition) is 1. The number of hydrogen-bond acceptors (Lipinski definition) is 1. The van der Waals surface area contributed by atoms with Gasteiger partial charge in [-0.2, -0.15) is 0 Å². The molecule has 0 saturated carbocycles. The van der Waals surface area contributed by atoms with Crippen LogP contribution in [-0.2, 0) is 0 Å². The van der Waals surface area contributed by atoms with Gasteiger partial charge in [-0.15, -0.1) is 0 Å². The Morgan fingerprint density at radius 3 is 2.18 bits per heavy atom. The molecular weight excluding hydrogens is 224 g/mol. The first-order chi connectivity index (χ1) is 7.73. The van der Waals surface area contributed by atoms with Crippen LogP contribution in [0.3, 0.4) is 0 Å². The Labute approximate surface area is 106 Å². The van der Waals surface area contributed by atoms with Crippen molar-refractivity contribution in [1.82, 2.24) is 0 Å². The van der Waals surface area contributed by atoms with E-state index in [0.29, 0.717) is 0 Å². The molecule has 1 atom stereocenters. The quantitative estimate of drug-likeness (QED) is 0.812. The third-order valence-corrected chi connectivity index (χ3v) is 6.28. The average molecular weight is 248 g/mol. The second kappa shape index (κ2) is 5.19. The minimum Gasteiger partial charge on any atom is -0.390 e. The van der Waals surface area contributed by atoms with Crippen LogP contribution in [0, 0.1) is 5.92 Å². The second-order valence-corrected chi connectivity index (χ2v) is 10.2. The lowest BCUT2D eigenvalue weighted by molar-refractivity contribution is 0.0441. The molecule has 0 saturated heterocycles. The highest BCUT2D eigenvalue weighted by molar-refractivity contribution is 6.93. The van der Waals surface area contributed by atoms with E-state index in [1.165, 1.54) is 5.19 Å². The smallest absolute Gasteiger partial charge is 0.103 e. The van der Waals surface area contributed by atoms with Crippen LogP contribution in [0.4, 0.5) is 0 Å². The maximum Gasteiger partial charge on any atom is 0.103 e. The molecule has 1 aromatic rings. The van der Waals surface area contributed by atoms with Gasteiger partial charge < -0.3 is 5.11 Å². The Hall–Kier alpha value is -0.863. The Morgan fingerprint density at radius 1 is 1.18 bits per heavy atom. The maximum absolute atomic E-state index is 9.92. The summed E-state index contributed by atoms with van der Waals surface area (Å²) in [5.41, 5.74) is 1.68. The van der Waals surface area contributed by atoms with Crippen molar-refractivity contribution in [2.45, 2.75) is 39.5 Å². The van der Waals surface area contributed by atoms with Crippen LogP contribution in [0.1, 0.15) is 20.8 Å². The van der Waals surface area contributed by atoms with Crippen LogP contribution in [0.2, 0.25) is 13.1 Å². The summed E-state index contributed by atoms with van der Waals surface area (Å²) < 4.78 is 0. The summed E-state index contributed by atoms with van der Waals surface area (Å²) in [6.45, 7) is 10.4. The Balaban J connectivity index is 2.84. The van der Waals surface area contributed by atoms with Gasteiger partial charge >= 0.3 is 0 Å². The fourth-order valence-electron chi connectivity index (χ4n) is 1.58. The van der Waals surface area contributed by atoms with Crippen molar-refractivity contribution in [3.63, 3.8) is 0 Å². The predicted octanol–water partition coefficient (Wildman–Crippen LogP) is 3.10. The van der Waals surface area contributed by atoms with E-state index in [2.05, 4.69) is 62.1 Å². The highest BCUT2D eigenvalue weighted by Crippen LogP contribution is 2.18. The standard InChI is InChI=1S/C15H24OSi/c1-13(15(2,3)16)11-12-17(4,5)14-9-7-6-8-10-14/h6-13,16H,1-5H3/b12-11-/t13-/m0/s1. The van der Waals surface area contributed by atoms with Crippen molar-refractivity contribution in [2.75, 3.05) is 0 Å². The van der Waals surface area contributed by atoms with Crippen LogP contribution in [0.5, 0.6) is 0 Å². The Morgan fingerprint density at radius 2 is 1.71 bits per heavy atom. The molecule has 0 unspecified atom stereocenters. The fourth-order valence-corrected chi connectivity index (χ4v) is 3.60. The van der Waals surface area contributed by atoms with Gasteiger partial charge in [0.15, 0.2) is 0 Å². The van der Waals surface area contributed by atoms with E-state index in [1.54, 1.807) is 0 Å². The van der Waals surface area contributed by atoms with Gasteiger partial charge in [-0.1, -0.05) is 67.3 Å². The molecule has 1 nitrogen and oxygen atoms in total. The molecule has 0 radical (unpaired) electrons. The molecule has 0 fully saturated rings. The van der Waals surface area contributed by atoms with Crippen LogP contribution in [-0.4, -0.2) is 18.8 Å². The lowest BCUT2D eigenvalue weighted by atomic mass is 9.93. The highest BCUT2D eigenvalue weighted by Gasteiger charge is 2.23. The summed E-state index contributed by atoms with van der Waals surface area (Å²) >= 11 is 0. The van der Waals surface area contributed by atoms with Gasteiger partial charge in [-0.25, -0.2) is 0 Å². The van der Waals surface area contributed by atoms with E-state index in [1.807, 2.05) is 13.8 Å². The molecule has 0 spiro atoms. The van der Waals surface area contributed by atoms with Gasteiger partial charge in [0.25, 0.3) is 0 Å². The van der Waals surface area contributed by atoms with Crippen LogP contribution in [0.15, 0.2) is 42.1 Å². The van der Waals surface area contributed by atoms with Crippen LogP contribution in [0.25, 0.3) is 0 Å². The number of aliphatic hydroxyl groups is 1. The summed E-state index contributed by atoms with van der Waals surface area (Å²) in [6.07, 6.45) is 2.17. The molecule has 0 aliphatic heterocycles. The van der Waals surface area contributed by atoms with Crippen molar-refractivity contribution >= 4 is 13.3 Å². The molecule has 0 aliphatic rings. The Kier molecular flexibility index (Phi) is 4.34. The summed E-state index contributed by atoms with van der Waals surface area (Å²) in [4.78, 5) is 0. The van der Waals surface area contributed by atoms with Gasteiger partial charge in [0.05, 0.1) is 5.60 Å². The topological polar surface area (TPSA) is 20.2 Å². The molecule has 1 N–H and O–H groups in total. The van der Waals surface area contributed by atoms with Crippen molar-refractivity contribution < 1.29 is 5.11 Å².